The molecule has 150 valence electrons. The van der Waals surface area contributed by atoms with Gasteiger partial charge in [0.2, 0.25) is 5.91 Å². The Balaban J connectivity index is 1.53. The van der Waals surface area contributed by atoms with E-state index in [2.05, 4.69) is 30.9 Å². The number of ether oxygens (including phenoxy) is 2. The summed E-state index contributed by atoms with van der Waals surface area (Å²) < 4.78 is 11.2. The summed E-state index contributed by atoms with van der Waals surface area (Å²) in [5.74, 6) is 1.98. The lowest BCUT2D eigenvalue weighted by Gasteiger charge is -2.23. The van der Waals surface area contributed by atoms with Crippen LogP contribution >= 0.6 is 0 Å². The van der Waals surface area contributed by atoms with Gasteiger partial charge in [-0.2, -0.15) is 0 Å². The molecule has 0 bridgehead atoms. The molecule has 5 heteroatoms. The number of methoxy groups -OCH3 is 1. The number of benzene rings is 2. The van der Waals surface area contributed by atoms with Crippen LogP contribution in [0.15, 0.2) is 42.5 Å². The van der Waals surface area contributed by atoms with Gasteiger partial charge in [0.05, 0.1) is 13.7 Å². The van der Waals surface area contributed by atoms with Crippen LogP contribution in [0.4, 0.5) is 0 Å². The Kier molecular flexibility index (Phi) is 6.93. The summed E-state index contributed by atoms with van der Waals surface area (Å²) in [4.78, 5) is 16.8. The molecule has 0 unspecified atom stereocenters. The van der Waals surface area contributed by atoms with E-state index >= 15 is 0 Å². The summed E-state index contributed by atoms with van der Waals surface area (Å²) >= 11 is 0. The van der Waals surface area contributed by atoms with E-state index in [1.54, 1.807) is 7.11 Å². The normalized spacial score (nSPS) is 15.4. The van der Waals surface area contributed by atoms with E-state index in [0.717, 1.165) is 43.2 Å². The Morgan fingerprint density at radius 2 is 1.79 bits per heavy atom. The molecule has 1 saturated heterocycles. The molecular formula is C23H30N2O3. The Hall–Kier alpha value is -2.53. The second-order valence-corrected chi connectivity index (χ2v) is 7.32. The third-order valence-corrected chi connectivity index (χ3v) is 5.30. The van der Waals surface area contributed by atoms with Crippen molar-refractivity contribution in [2.24, 2.45) is 0 Å². The monoisotopic (exact) mass is 382 g/mol. The van der Waals surface area contributed by atoms with Crippen LogP contribution in [0, 0.1) is 13.8 Å². The van der Waals surface area contributed by atoms with Crippen LogP contribution in [0.5, 0.6) is 11.5 Å². The molecule has 3 rings (SSSR count). The maximum atomic E-state index is 12.5. The topological polar surface area (TPSA) is 42.0 Å². The van der Waals surface area contributed by atoms with Gasteiger partial charge in [-0.3, -0.25) is 9.69 Å². The minimum atomic E-state index is 0.210. The molecule has 5 nitrogen and oxygen atoms in total. The zero-order valence-electron chi connectivity index (χ0n) is 17.1. The van der Waals surface area contributed by atoms with E-state index in [1.165, 1.54) is 11.1 Å². The van der Waals surface area contributed by atoms with Gasteiger partial charge in [-0.25, -0.2) is 0 Å². The first-order chi connectivity index (χ1) is 13.6. The Morgan fingerprint density at radius 3 is 2.54 bits per heavy atom. The molecule has 28 heavy (non-hydrogen) atoms. The molecule has 2 aromatic rings. The number of rotatable bonds is 7. The van der Waals surface area contributed by atoms with Crippen molar-refractivity contribution in [1.29, 1.82) is 0 Å². The van der Waals surface area contributed by atoms with Crippen molar-refractivity contribution in [3.8, 4) is 11.5 Å². The van der Waals surface area contributed by atoms with E-state index < -0.39 is 0 Å². The summed E-state index contributed by atoms with van der Waals surface area (Å²) in [7, 11) is 1.71. The lowest BCUT2D eigenvalue weighted by Crippen LogP contribution is -2.36. The largest absolute Gasteiger partial charge is 0.496 e. The van der Waals surface area contributed by atoms with Gasteiger partial charge >= 0.3 is 0 Å². The third kappa shape index (κ3) is 5.26. The van der Waals surface area contributed by atoms with E-state index in [-0.39, 0.29) is 5.91 Å². The highest BCUT2D eigenvalue weighted by Crippen LogP contribution is 2.24. The molecule has 0 radical (unpaired) electrons. The fourth-order valence-corrected chi connectivity index (χ4v) is 3.58. The van der Waals surface area contributed by atoms with Gasteiger partial charge in [-0.05, 0) is 48.7 Å². The molecule has 1 heterocycles. The van der Waals surface area contributed by atoms with Gasteiger partial charge < -0.3 is 14.4 Å². The summed E-state index contributed by atoms with van der Waals surface area (Å²) in [5, 5.41) is 0. The predicted octanol–water partition coefficient (Wildman–Crippen LogP) is 3.43. The first-order valence-electron chi connectivity index (χ1n) is 9.89. The highest BCUT2D eigenvalue weighted by molar-refractivity contribution is 5.76. The zero-order chi connectivity index (χ0) is 19.9. The summed E-state index contributed by atoms with van der Waals surface area (Å²) in [6.45, 7) is 8.61. The number of hydrogen-bond acceptors (Lipinski definition) is 4. The van der Waals surface area contributed by atoms with Gasteiger partial charge in [0, 0.05) is 32.6 Å². The van der Waals surface area contributed by atoms with Crippen molar-refractivity contribution in [2.75, 3.05) is 39.9 Å². The predicted molar refractivity (Wildman–Crippen MR) is 111 cm³/mol. The number of hydrogen-bond donors (Lipinski definition) is 0. The second kappa shape index (κ2) is 9.60. The lowest BCUT2D eigenvalue weighted by molar-refractivity contribution is -0.130. The maximum absolute atomic E-state index is 12.5. The molecule has 0 atom stereocenters. The average Bonchev–Trinajstić information content (AvgIpc) is 2.87. The number of amides is 1. The molecule has 0 aromatic heterocycles. The molecule has 2 aromatic carbocycles. The average molecular weight is 383 g/mol. The third-order valence-electron chi connectivity index (χ3n) is 5.30. The number of aryl methyl sites for hydroxylation is 2. The molecule has 1 amide bonds. The molecule has 1 aliphatic heterocycles. The molecule has 1 aliphatic rings. The molecular weight excluding hydrogens is 352 g/mol. The standard InChI is InChI=1S/C23H30N2O3/c1-18-16-22(27-3)19(2)15-20(18)17-24-10-9-23(26)25(12-11-24)13-14-28-21-7-5-4-6-8-21/h4-8,15-16H,9-14,17H2,1-3H3. The lowest BCUT2D eigenvalue weighted by atomic mass is 10.0. The molecule has 1 fully saturated rings. The molecule has 0 aliphatic carbocycles. The van der Waals surface area contributed by atoms with E-state index in [1.807, 2.05) is 35.2 Å². The fourth-order valence-electron chi connectivity index (χ4n) is 3.58. The first kappa shape index (κ1) is 20.2. The van der Waals surface area contributed by atoms with Crippen LogP contribution in [-0.4, -0.2) is 55.6 Å². The maximum Gasteiger partial charge on any atom is 0.224 e. The second-order valence-electron chi connectivity index (χ2n) is 7.32. The summed E-state index contributed by atoms with van der Waals surface area (Å²) in [6.07, 6.45) is 0.555. The van der Waals surface area contributed by atoms with Crippen molar-refractivity contribution in [3.63, 3.8) is 0 Å². The van der Waals surface area contributed by atoms with Crippen molar-refractivity contribution in [3.05, 3.63) is 59.2 Å². The van der Waals surface area contributed by atoms with Crippen LogP contribution in [0.2, 0.25) is 0 Å². The van der Waals surface area contributed by atoms with Crippen LogP contribution in [0.3, 0.4) is 0 Å². The Labute approximate surface area is 167 Å². The van der Waals surface area contributed by atoms with Crippen molar-refractivity contribution in [2.45, 2.75) is 26.8 Å². The fraction of sp³-hybridized carbons (Fsp3) is 0.435. The quantitative estimate of drug-likeness (QED) is 0.736. The van der Waals surface area contributed by atoms with E-state index in [9.17, 15) is 4.79 Å². The molecule has 0 N–H and O–H groups in total. The van der Waals surface area contributed by atoms with Crippen LogP contribution < -0.4 is 9.47 Å². The summed E-state index contributed by atoms with van der Waals surface area (Å²) in [5.41, 5.74) is 3.67. The minimum Gasteiger partial charge on any atom is -0.496 e. The Morgan fingerprint density at radius 1 is 1.00 bits per heavy atom. The van der Waals surface area contributed by atoms with Crippen molar-refractivity contribution < 1.29 is 14.3 Å². The van der Waals surface area contributed by atoms with Gasteiger partial charge in [-0.15, -0.1) is 0 Å². The number of carbonyl (C=O) groups is 1. The summed E-state index contributed by atoms with van der Waals surface area (Å²) in [6, 6.07) is 14.0. The van der Waals surface area contributed by atoms with Crippen LogP contribution in [0.25, 0.3) is 0 Å². The van der Waals surface area contributed by atoms with Gasteiger partial charge in [-0.1, -0.05) is 24.3 Å². The van der Waals surface area contributed by atoms with Crippen molar-refractivity contribution in [1.82, 2.24) is 9.80 Å². The number of para-hydroxylation sites is 1. The Bertz CT molecular complexity index is 792. The SMILES string of the molecule is COc1cc(C)c(CN2CCC(=O)N(CCOc3ccccc3)CC2)cc1C. The first-order valence-corrected chi connectivity index (χ1v) is 9.89. The van der Waals surface area contributed by atoms with Gasteiger partial charge in [0.15, 0.2) is 0 Å². The zero-order valence-corrected chi connectivity index (χ0v) is 17.1. The molecule has 0 spiro atoms. The van der Waals surface area contributed by atoms with Gasteiger partial charge in [0.25, 0.3) is 0 Å². The highest BCUT2D eigenvalue weighted by atomic mass is 16.5. The van der Waals surface area contributed by atoms with Crippen molar-refractivity contribution >= 4 is 5.91 Å². The van der Waals surface area contributed by atoms with E-state index in [4.69, 9.17) is 9.47 Å². The highest BCUT2D eigenvalue weighted by Gasteiger charge is 2.21. The van der Waals surface area contributed by atoms with Crippen LogP contribution in [-0.2, 0) is 11.3 Å². The van der Waals surface area contributed by atoms with Crippen LogP contribution in [0.1, 0.15) is 23.1 Å². The molecule has 0 saturated carbocycles. The van der Waals surface area contributed by atoms with E-state index in [0.29, 0.717) is 19.6 Å². The van der Waals surface area contributed by atoms with Gasteiger partial charge in [0.1, 0.15) is 18.1 Å². The number of nitrogens with zero attached hydrogens (tertiary/aromatic N) is 2. The minimum absolute atomic E-state index is 0.210. The smallest absolute Gasteiger partial charge is 0.224 e. The number of carbonyl (C=O) groups excluding carboxylic acids is 1.